The van der Waals surface area contributed by atoms with Crippen molar-refractivity contribution < 1.29 is 17.3 Å². The fourth-order valence-corrected chi connectivity index (χ4v) is 3.19. The van der Waals surface area contributed by atoms with E-state index in [1.807, 2.05) is 30.3 Å². The van der Waals surface area contributed by atoms with Crippen molar-refractivity contribution in [1.29, 1.82) is 0 Å². The lowest BCUT2D eigenvalue weighted by molar-refractivity contribution is 0.435. The van der Waals surface area contributed by atoms with Crippen LogP contribution in [0.3, 0.4) is 0 Å². The number of aryl methyl sites for hydroxylation is 1. The molecule has 0 aliphatic heterocycles. The molecule has 0 aliphatic rings. The molecule has 23 heavy (non-hydrogen) atoms. The third-order valence-electron chi connectivity index (χ3n) is 3.32. The lowest BCUT2D eigenvalue weighted by Gasteiger charge is -2.08. The summed E-state index contributed by atoms with van der Waals surface area (Å²) in [7, 11) is -3.90. The lowest BCUT2D eigenvalue weighted by Crippen LogP contribution is -2.13. The first kappa shape index (κ1) is 15.2. The topological polar surface area (TPSA) is 72.2 Å². The highest BCUT2D eigenvalue weighted by Gasteiger charge is 2.20. The Hall–Kier alpha value is -2.67. The zero-order valence-corrected chi connectivity index (χ0v) is 13.0. The highest BCUT2D eigenvalue weighted by atomic mass is 32.2. The molecule has 0 amide bonds. The molecular formula is C16H13FN2O3S. The fourth-order valence-electron chi connectivity index (χ4n) is 2.10. The van der Waals surface area contributed by atoms with Gasteiger partial charge >= 0.3 is 0 Å². The fraction of sp³-hybridized carbons (Fsp3) is 0.0625. The van der Waals surface area contributed by atoms with Gasteiger partial charge in [-0.05, 0) is 36.2 Å². The van der Waals surface area contributed by atoms with Crippen molar-refractivity contribution in [3.05, 3.63) is 66.1 Å². The molecule has 1 N–H and O–H groups in total. The Morgan fingerprint density at radius 3 is 2.57 bits per heavy atom. The zero-order chi connectivity index (χ0) is 16.4. The smallest absolute Gasteiger partial charge is 0.264 e. The first-order valence-electron chi connectivity index (χ1n) is 6.76. The maximum Gasteiger partial charge on any atom is 0.264 e. The molecule has 0 spiro atoms. The van der Waals surface area contributed by atoms with Gasteiger partial charge in [0.05, 0.1) is 16.7 Å². The summed E-state index contributed by atoms with van der Waals surface area (Å²) in [5, 5.41) is 3.65. The first-order valence-corrected chi connectivity index (χ1v) is 8.25. The third-order valence-corrected chi connectivity index (χ3v) is 4.65. The normalized spacial score (nSPS) is 11.4. The molecule has 0 radical (unpaired) electrons. The van der Waals surface area contributed by atoms with Gasteiger partial charge in [0, 0.05) is 0 Å². The van der Waals surface area contributed by atoms with Crippen molar-refractivity contribution in [3.8, 4) is 11.1 Å². The standard InChI is InChI=1S/C16H13FN2O3S/c1-11-9-13(7-8-15(11)17)23(20,21)19-16-14(10-18-22-16)12-5-3-2-4-6-12/h2-10,19H,1H3. The highest BCUT2D eigenvalue weighted by Crippen LogP contribution is 2.29. The van der Waals surface area contributed by atoms with E-state index in [-0.39, 0.29) is 16.3 Å². The second-order valence-corrected chi connectivity index (χ2v) is 6.63. The molecule has 1 heterocycles. The van der Waals surface area contributed by atoms with Crippen molar-refractivity contribution >= 4 is 15.9 Å². The first-order chi connectivity index (χ1) is 11.0. The van der Waals surface area contributed by atoms with Crippen molar-refractivity contribution in [2.24, 2.45) is 0 Å². The predicted molar refractivity (Wildman–Crippen MR) is 83.9 cm³/mol. The molecule has 7 heteroatoms. The van der Waals surface area contributed by atoms with E-state index in [4.69, 9.17) is 4.52 Å². The molecule has 3 aromatic rings. The van der Waals surface area contributed by atoms with Crippen LogP contribution >= 0.6 is 0 Å². The number of hydrogen-bond donors (Lipinski definition) is 1. The van der Waals surface area contributed by atoms with E-state index in [0.717, 1.165) is 11.6 Å². The van der Waals surface area contributed by atoms with Crippen LogP contribution in [0.4, 0.5) is 10.3 Å². The molecule has 0 saturated carbocycles. The van der Waals surface area contributed by atoms with E-state index in [0.29, 0.717) is 5.56 Å². The van der Waals surface area contributed by atoms with Crippen molar-refractivity contribution in [2.45, 2.75) is 11.8 Å². The Morgan fingerprint density at radius 2 is 1.87 bits per heavy atom. The Kier molecular flexibility index (Phi) is 3.87. The molecule has 0 fully saturated rings. The molecule has 3 rings (SSSR count). The molecule has 0 saturated heterocycles. The predicted octanol–water partition coefficient (Wildman–Crippen LogP) is 3.59. The minimum absolute atomic E-state index is 0.0122. The third kappa shape index (κ3) is 3.09. The summed E-state index contributed by atoms with van der Waals surface area (Å²) >= 11 is 0. The van der Waals surface area contributed by atoms with E-state index >= 15 is 0 Å². The van der Waals surface area contributed by atoms with Crippen LogP contribution in [0.1, 0.15) is 5.56 Å². The maximum atomic E-state index is 13.3. The van der Waals surface area contributed by atoms with E-state index in [9.17, 15) is 12.8 Å². The van der Waals surface area contributed by atoms with Crippen LogP contribution in [0.25, 0.3) is 11.1 Å². The van der Waals surface area contributed by atoms with E-state index in [1.54, 1.807) is 0 Å². The molecule has 0 bridgehead atoms. The molecule has 0 atom stereocenters. The summed E-state index contributed by atoms with van der Waals surface area (Å²) in [6, 6.07) is 12.7. The SMILES string of the molecule is Cc1cc(S(=O)(=O)Nc2oncc2-c2ccccc2)ccc1F. The van der Waals surface area contributed by atoms with Crippen LogP contribution < -0.4 is 4.72 Å². The number of sulfonamides is 1. The minimum atomic E-state index is -3.90. The Balaban J connectivity index is 1.96. The van der Waals surface area contributed by atoms with E-state index < -0.39 is 15.8 Å². The molecule has 0 unspecified atom stereocenters. The number of nitrogens with zero attached hydrogens (tertiary/aromatic N) is 1. The van der Waals surface area contributed by atoms with Crippen LogP contribution in [0.5, 0.6) is 0 Å². The van der Waals surface area contributed by atoms with E-state index in [1.165, 1.54) is 25.3 Å². The van der Waals surface area contributed by atoms with Gasteiger partial charge in [-0.1, -0.05) is 35.5 Å². The average molecular weight is 332 g/mol. The number of hydrogen-bond acceptors (Lipinski definition) is 4. The Bertz CT molecular complexity index is 937. The summed E-state index contributed by atoms with van der Waals surface area (Å²) in [5.41, 5.74) is 1.53. The van der Waals surface area contributed by atoms with Gasteiger partial charge in [0.15, 0.2) is 0 Å². The molecule has 118 valence electrons. The minimum Gasteiger partial charge on any atom is -0.337 e. The number of aromatic nitrogens is 1. The van der Waals surface area contributed by atoms with Crippen LogP contribution in [-0.2, 0) is 10.0 Å². The van der Waals surface area contributed by atoms with Gasteiger partial charge in [-0.2, -0.15) is 0 Å². The van der Waals surface area contributed by atoms with Gasteiger partial charge in [-0.25, -0.2) is 17.5 Å². The van der Waals surface area contributed by atoms with Gasteiger partial charge < -0.3 is 4.52 Å². The van der Waals surface area contributed by atoms with Gasteiger partial charge in [-0.15, -0.1) is 0 Å². The number of nitrogens with one attached hydrogen (secondary N) is 1. The average Bonchev–Trinajstić information content (AvgIpc) is 2.98. The summed E-state index contributed by atoms with van der Waals surface area (Å²) in [5.74, 6) is -0.452. The summed E-state index contributed by atoms with van der Waals surface area (Å²) in [6.45, 7) is 1.50. The number of rotatable bonds is 4. The van der Waals surface area contributed by atoms with Crippen molar-refractivity contribution in [2.75, 3.05) is 4.72 Å². The van der Waals surface area contributed by atoms with Crippen LogP contribution in [0.15, 0.2) is 64.1 Å². The van der Waals surface area contributed by atoms with Crippen LogP contribution in [0, 0.1) is 12.7 Å². The molecule has 0 aliphatic carbocycles. The van der Waals surface area contributed by atoms with Crippen LogP contribution in [0.2, 0.25) is 0 Å². The molecule has 2 aromatic carbocycles. The van der Waals surface area contributed by atoms with Gasteiger partial charge in [-0.3, -0.25) is 0 Å². The van der Waals surface area contributed by atoms with E-state index in [2.05, 4.69) is 9.88 Å². The zero-order valence-electron chi connectivity index (χ0n) is 12.2. The summed E-state index contributed by atoms with van der Waals surface area (Å²) in [6.07, 6.45) is 1.43. The maximum absolute atomic E-state index is 13.3. The largest absolute Gasteiger partial charge is 0.337 e. The molecule has 1 aromatic heterocycles. The monoisotopic (exact) mass is 332 g/mol. The summed E-state index contributed by atoms with van der Waals surface area (Å²) < 4.78 is 45.5. The Morgan fingerprint density at radius 1 is 1.13 bits per heavy atom. The number of benzene rings is 2. The second kappa shape index (κ2) is 5.85. The second-order valence-electron chi connectivity index (χ2n) is 4.95. The van der Waals surface area contributed by atoms with Gasteiger partial charge in [0.2, 0.25) is 5.88 Å². The highest BCUT2D eigenvalue weighted by molar-refractivity contribution is 7.92. The molecular weight excluding hydrogens is 319 g/mol. The van der Waals surface area contributed by atoms with Gasteiger partial charge in [0.1, 0.15) is 5.82 Å². The van der Waals surface area contributed by atoms with Crippen LogP contribution in [-0.4, -0.2) is 13.6 Å². The lowest BCUT2D eigenvalue weighted by atomic mass is 10.1. The number of halogens is 1. The van der Waals surface area contributed by atoms with Crippen molar-refractivity contribution in [3.63, 3.8) is 0 Å². The number of anilines is 1. The Labute approximate surface area is 132 Å². The van der Waals surface area contributed by atoms with Gasteiger partial charge in [0.25, 0.3) is 10.0 Å². The summed E-state index contributed by atoms with van der Waals surface area (Å²) in [4.78, 5) is -0.0492. The molecule has 5 nitrogen and oxygen atoms in total. The quantitative estimate of drug-likeness (QED) is 0.792. The van der Waals surface area contributed by atoms with Crippen molar-refractivity contribution in [1.82, 2.24) is 5.16 Å².